The van der Waals surface area contributed by atoms with Crippen LogP contribution in [0.25, 0.3) is 0 Å². The molecule has 0 radical (unpaired) electrons. The van der Waals surface area contributed by atoms with Gasteiger partial charge in [0.05, 0.1) is 0 Å². The van der Waals surface area contributed by atoms with Gasteiger partial charge in [0.25, 0.3) is 0 Å². The van der Waals surface area contributed by atoms with Gasteiger partial charge in [0.2, 0.25) is 0 Å². The molecule has 1 aliphatic rings. The molecule has 0 aliphatic carbocycles. The van der Waals surface area contributed by atoms with Crippen molar-refractivity contribution in [3.63, 3.8) is 0 Å². The molecule has 1 aromatic carbocycles. The van der Waals surface area contributed by atoms with Crippen molar-refractivity contribution < 1.29 is 4.39 Å². The van der Waals surface area contributed by atoms with E-state index < -0.39 is 0 Å². The number of hydrogen-bond donors (Lipinski definition) is 1. The Morgan fingerprint density at radius 3 is 2.53 bits per heavy atom. The van der Waals surface area contributed by atoms with Gasteiger partial charge in [-0.2, -0.15) is 0 Å². The Labute approximate surface area is 116 Å². The van der Waals surface area contributed by atoms with Crippen LogP contribution >= 0.6 is 0 Å². The topological polar surface area (TPSA) is 15.3 Å². The highest BCUT2D eigenvalue weighted by Crippen LogP contribution is 2.34. The summed E-state index contributed by atoms with van der Waals surface area (Å²) in [6, 6.07) is 6.83. The van der Waals surface area contributed by atoms with Crippen molar-refractivity contribution in [2.75, 3.05) is 26.7 Å². The minimum atomic E-state index is -0.162. The lowest BCUT2D eigenvalue weighted by Crippen LogP contribution is -2.41. The highest BCUT2D eigenvalue weighted by molar-refractivity contribution is 5.15. The molecule has 106 valence electrons. The number of nitrogens with zero attached hydrogens (tertiary/aromatic N) is 1. The average molecular weight is 264 g/mol. The Kier molecular flexibility index (Phi) is 4.58. The lowest BCUT2D eigenvalue weighted by Gasteiger charge is -2.36. The van der Waals surface area contributed by atoms with Crippen LogP contribution in [-0.4, -0.2) is 31.6 Å². The normalized spacial score (nSPS) is 23.5. The van der Waals surface area contributed by atoms with Crippen molar-refractivity contribution in [2.24, 2.45) is 11.3 Å². The van der Waals surface area contributed by atoms with Gasteiger partial charge in [-0.15, -0.1) is 0 Å². The van der Waals surface area contributed by atoms with E-state index >= 15 is 0 Å². The fourth-order valence-corrected chi connectivity index (χ4v) is 3.07. The molecule has 1 fully saturated rings. The zero-order valence-corrected chi connectivity index (χ0v) is 12.2. The number of hydrogen-bond acceptors (Lipinski definition) is 2. The van der Waals surface area contributed by atoms with E-state index in [1.54, 1.807) is 12.1 Å². The van der Waals surface area contributed by atoms with E-state index in [1.807, 2.05) is 12.1 Å². The molecule has 1 aliphatic heterocycles. The van der Waals surface area contributed by atoms with Crippen LogP contribution in [0.4, 0.5) is 4.39 Å². The van der Waals surface area contributed by atoms with Gasteiger partial charge in [-0.25, -0.2) is 4.39 Å². The maximum atomic E-state index is 12.9. The first kappa shape index (κ1) is 14.5. The van der Waals surface area contributed by atoms with Crippen LogP contribution in [0, 0.1) is 17.2 Å². The SMILES string of the molecule is CC(C)C1(CN(C)Cc2ccc(F)cc2)CCNC1. The van der Waals surface area contributed by atoms with Crippen LogP contribution in [0.5, 0.6) is 0 Å². The molecular formula is C16H25FN2. The Morgan fingerprint density at radius 1 is 1.32 bits per heavy atom. The van der Waals surface area contributed by atoms with E-state index in [0.717, 1.165) is 26.2 Å². The van der Waals surface area contributed by atoms with Gasteiger partial charge in [-0.3, -0.25) is 0 Å². The first-order valence-corrected chi connectivity index (χ1v) is 7.15. The third-order valence-corrected chi connectivity index (χ3v) is 4.45. The summed E-state index contributed by atoms with van der Waals surface area (Å²) < 4.78 is 12.9. The van der Waals surface area contributed by atoms with Crippen LogP contribution in [0.15, 0.2) is 24.3 Å². The second-order valence-electron chi connectivity index (χ2n) is 6.24. The third kappa shape index (κ3) is 3.54. The largest absolute Gasteiger partial charge is 0.316 e. The van der Waals surface area contributed by atoms with Gasteiger partial charge in [0, 0.05) is 19.6 Å². The van der Waals surface area contributed by atoms with Crippen molar-refractivity contribution in [3.8, 4) is 0 Å². The van der Waals surface area contributed by atoms with E-state index in [1.165, 1.54) is 12.0 Å². The zero-order valence-electron chi connectivity index (χ0n) is 12.2. The molecule has 1 unspecified atom stereocenters. The summed E-state index contributed by atoms with van der Waals surface area (Å²) in [7, 11) is 2.16. The molecule has 3 heteroatoms. The van der Waals surface area contributed by atoms with E-state index in [4.69, 9.17) is 0 Å². The molecule has 1 heterocycles. The predicted molar refractivity (Wildman–Crippen MR) is 77.5 cm³/mol. The van der Waals surface area contributed by atoms with Crippen molar-refractivity contribution in [3.05, 3.63) is 35.6 Å². The second kappa shape index (κ2) is 6.02. The summed E-state index contributed by atoms with van der Waals surface area (Å²) in [5, 5.41) is 3.49. The predicted octanol–water partition coefficient (Wildman–Crippen LogP) is 2.89. The zero-order chi connectivity index (χ0) is 13.9. The summed E-state index contributed by atoms with van der Waals surface area (Å²) in [5.41, 5.74) is 1.56. The maximum Gasteiger partial charge on any atom is 0.123 e. The summed E-state index contributed by atoms with van der Waals surface area (Å²) in [6.45, 7) is 8.85. The molecule has 2 rings (SSSR count). The fourth-order valence-electron chi connectivity index (χ4n) is 3.07. The lowest BCUT2D eigenvalue weighted by atomic mass is 9.76. The standard InChI is InChI=1S/C16H25FN2/c1-13(2)16(8-9-18-11-16)12-19(3)10-14-4-6-15(17)7-5-14/h4-7,13,18H,8-12H2,1-3H3. The van der Waals surface area contributed by atoms with Crippen molar-refractivity contribution >= 4 is 0 Å². The molecule has 1 aromatic rings. The number of rotatable bonds is 5. The number of nitrogens with one attached hydrogen (secondary N) is 1. The molecule has 0 spiro atoms. The summed E-state index contributed by atoms with van der Waals surface area (Å²) in [6.07, 6.45) is 1.25. The molecule has 0 aromatic heterocycles. The van der Waals surface area contributed by atoms with Crippen LogP contribution in [-0.2, 0) is 6.54 Å². The molecule has 2 nitrogen and oxygen atoms in total. The second-order valence-corrected chi connectivity index (χ2v) is 6.24. The van der Waals surface area contributed by atoms with Gasteiger partial charge < -0.3 is 10.2 Å². The van der Waals surface area contributed by atoms with Crippen molar-refractivity contribution in [1.82, 2.24) is 10.2 Å². The Balaban J connectivity index is 1.96. The molecule has 0 saturated carbocycles. The smallest absolute Gasteiger partial charge is 0.123 e. The first-order chi connectivity index (χ1) is 9.02. The molecule has 1 atom stereocenters. The summed E-state index contributed by atoms with van der Waals surface area (Å²) in [5.74, 6) is 0.517. The van der Waals surface area contributed by atoms with Crippen molar-refractivity contribution in [1.29, 1.82) is 0 Å². The van der Waals surface area contributed by atoms with Gasteiger partial charge in [-0.05, 0) is 49.0 Å². The monoisotopic (exact) mass is 264 g/mol. The minimum absolute atomic E-state index is 0.162. The highest BCUT2D eigenvalue weighted by atomic mass is 19.1. The van der Waals surface area contributed by atoms with Gasteiger partial charge in [-0.1, -0.05) is 26.0 Å². The van der Waals surface area contributed by atoms with E-state index in [2.05, 4.69) is 31.1 Å². The lowest BCUT2D eigenvalue weighted by molar-refractivity contribution is 0.132. The quantitative estimate of drug-likeness (QED) is 0.879. The highest BCUT2D eigenvalue weighted by Gasteiger charge is 2.37. The summed E-state index contributed by atoms with van der Waals surface area (Å²) in [4.78, 5) is 2.36. The Hall–Kier alpha value is -0.930. The molecule has 19 heavy (non-hydrogen) atoms. The average Bonchev–Trinajstić information content (AvgIpc) is 2.82. The van der Waals surface area contributed by atoms with Crippen LogP contribution in [0.2, 0.25) is 0 Å². The summed E-state index contributed by atoms with van der Waals surface area (Å²) >= 11 is 0. The molecule has 1 saturated heterocycles. The first-order valence-electron chi connectivity index (χ1n) is 7.15. The molecule has 0 bridgehead atoms. The van der Waals surface area contributed by atoms with E-state index in [-0.39, 0.29) is 5.82 Å². The maximum absolute atomic E-state index is 12.9. The van der Waals surface area contributed by atoms with Gasteiger partial charge in [0.15, 0.2) is 0 Å². The number of halogens is 1. The van der Waals surface area contributed by atoms with Crippen LogP contribution < -0.4 is 5.32 Å². The number of benzene rings is 1. The van der Waals surface area contributed by atoms with Gasteiger partial charge in [0.1, 0.15) is 5.82 Å². The van der Waals surface area contributed by atoms with Gasteiger partial charge >= 0.3 is 0 Å². The molecule has 0 amide bonds. The van der Waals surface area contributed by atoms with E-state index in [9.17, 15) is 4.39 Å². The molecule has 1 N–H and O–H groups in total. The Morgan fingerprint density at radius 2 is 2.00 bits per heavy atom. The van der Waals surface area contributed by atoms with Crippen LogP contribution in [0.1, 0.15) is 25.8 Å². The third-order valence-electron chi connectivity index (χ3n) is 4.45. The fraction of sp³-hybridized carbons (Fsp3) is 0.625. The van der Waals surface area contributed by atoms with Crippen LogP contribution in [0.3, 0.4) is 0 Å². The van der Waals surface area contributed by atoms with Crippen molar-refractivity contribution in [2.45, 2.75) is 26.8 Å². The van der Waals surface area contributed by atoms with E-state index in [0.29, 0.717) is 11.3 Å². The minimum Gasteiger partial charge on any atom is -0.316 e. The Bertz CT molecular complexity index is 394. The molecular weight excluding hydrogens is 239 g/mol.